The van der Waals surface area contributed by atoms with Gasteiger partial charge in [-0.3, -0.25) is 4.79 Å². The number of hydrogen-bond donors (Lipinski definition) is 3. The molecule has 1 aliphatic rings. The lowest BCUT2D eigenvalue weighted by atomic mass is 9.85. The maximum absolute atomic E-state index is 12.3. The molecule has 0 saturated heterocycles. The summed E-state index contributed by atoms with van der Waals surface area (Å²) in [5.41, 5.74) is 7.47. The Morgan fingerprint density at radius 3 is 2.97 bits per heavy atom. The Morgan fingerprint density at radius 1 is 1.40 bits per heavy atom. The summed E-state index contributed by atoms with van der Waals surface area (Å²) in [6, 6.07) is 5.02. The zero-order chi connectivity index (χ0) is 24.9. The minimum absolute atomic E-state index is 0.0356. The van der Waals surface area contributed by atoms with Crippen LogP contribution in [0.2, 0.25) is 0 Å². The van der Waals surface area contributed by atoms with Gasteiger partial charge in [0.15, 0.2) is 18.0 Å². The molecular formula is C24H32BrN7O3. The zero-order valence-electron chi connectivity index (χ0n) is 20.0. The van der Waals surface area contributed by atoms with Crippen LogP contribution < -0.4 is 21.1 Å². The van der Waals surface area contributed by atoms with Gasteiger partial charge in [-0.05, 0) is 40.8 Å². The predicted molar refractivity (Wildman–Crippen MR) is 137 cm³/mol. The maximum atomic E-state index is 12.3. The third-order valence-electron chi connectivity index (χ3n) is 6.41. The molecule has 11 heteroatoms. The lowest BCUT2D eigenvalue weighted by molar-refractivity contribution is -0.605. The van der Waals surface area contributed by atoms with Crippen LogP contribution in [0.4, 0.5) is 11.6 Å². The Kier molecular flexibility index (Phi) is 8.07. The van der Waals surface area contributed by atoms with Gasteiger partial charge in [0.25, 0.3) is 0 Å². The Morgan fingerprint density at radius 2 is 2.20 bits per heavy atom. The standard InChI is InChI=1S/C24H32BrN7O3/c1-15(2)22(26)24(33)35-14-17-7-3-4-8-19(17)29-20-10-21(32-23(30-20)18(25)12-28-32)27-11-16-6-5-9-31(34)13-16/h5-6,9-10,12-13,15,17,19,22,27H,3-4,7-8,11,14,26H2,1-2H3,(H,29,30)/t17-,19-,22+/m0/s1. The molecule has 0 bridgehead atoms. The summed E-state index contributed by atoms with van der Waals surface area (Å²) >= 11 is 3.53. The fraction of sp³-hybridized carbons (Fsp3) is 0.500. The Balaban J connectivity index is 1.50. The second kappa shape index (κ2) is 11.2. The number of fused-ring (bicyclic) bond motifs is 1. The molecule has 1 fully saturated rings. The Bertz CT molecular complexity index is 1170. The number of hydrogen-bond acceptors (Lipinski definition) is 8. The third-order valence-corrected chi connectivity index (χ3v) is 6.97. The lowest BCUT2D eigenvalue weighted by Crippen LogP contribution is -2.40. The molecule has 188 valence electrons. The first-order valence-electron chi connectivity index (χ1n) is 12.0. The quantitative estimate of drug-likeness (QED) is 0.212. The lowest BCUT2D eigenvalue weighted by Gasteiger charge is -2.32. The normalized spacial score (nSPS) is 19.0. The van der Waals surface area contributed by atoms with Crippen LogP contribution in [0.15, 0.2) is 41.3 Å². The molecule has 0 aliphatic heterocycles. The molecule has 1 saturated carbocycles. The van der Waals surface area contributed by atoms with E-state index in [9.17, 15) is 10.0 Å². The summed E-state index contributed by atoms with van der Waals surface area (Å²) in [6.07, 6.45) is 8.81. The van der Waals surface area contributed by atoms with Crippen LogP contribution in [-0.2, 0) is 16.1 Å². The van der Waals surface area contributed by atoms with Crippen LogP contribution in [0.3, 0.4) is 0 Å². The summed E-state index contributed by atoms with van der Waals surface area (Å²) in [6.45, 7) is 4.62. The van der Waals surface area contributed by atoms with Crippen LogP contribution in [0.1, 0.15) is 45.1 Å². The van der Waals surface area contributed by atoms with Crippen molar-refractivity contribution < 1.29 is 14.3 Å². The average molecular weight is 546 g/mol. The molecule has 0 unspecified atom stereocenters. The molecule has 0 radical (unpaired) electrons. The molecule has 0 spiro atoms. The number of carbonyl (C=O) groups excluding carboxylic acids is 1. The van der Waals surface area contributed by atoms with Crippen molar-refractivity contribution in [3.8, 4) is 0 Å². The van der Waals surface area contributed by atoms with Gasteiger partial charge in [0.1, 0.15) is 17.7 Å². The van der Waals surface area contributed by atoms with Gasteiger partial charge < -0.3 is 26.3 Å². The average Bonchev–Trinajstić information content (AvgIpc) is 3.22. The third kappa shape index (κ3) is 6.21. The first-order chi connectivity index (χ1) is 16.8. The van der Waals surface area contributed by atoms with E-state index in [0.717, 1.165) is 46.3 Å². The van der Waals surface area contributed by atoms with Crippen molar-refractivity contribution in [3.63, 3.8) is 0 Å². The van der Waals surface area contributed by atoms with E-state index in [4.69, 9.17) is 15.5 Å². The monoisotopic (exact) mass is 545 g/mol. The van der Waals surface area contributed by atoms with Crippen LogP contribution in [0.5, 0.6) is 0 Å². The number of rotatable bonds is 9. The van der Waals surface area contributed by atoms with Crippen molar-refractivity contribution in [3.05, 3.63) is 52.0 Å². The van der Waals surface area contributed by atoms with Crippen LogP contribution in [0.25, 0.3) is 5.65 Å². The van der Waals surface area contributed by atoms with E-state index in [0.29, 0.717) is 24.6 Å². The van der Waals surface area contributed by atoms with Gasteiger partial charge >= 0.3 is 5.97 Å². The van der Waals surface area contributed by atoms with Crippen LogP contribution in [0, 0.1) is 17.0 Å². The number of esters is 1. The van der Waals surface area contributed by atoms with Crippen LogP contribution in [-0.4, -0.2) is 39.3 Å². The zero-order valence-corrected chi connectivity index (χ0v) is 21.6. The minimum Gasteiger partial charge on any atom is -0.619 e. The highest BCUT2D eigenvalue weighted by Crippen LogP contribution is 2.29. The van der Waals surface area contributed by atoms with Crippen molar-refractivity contribution >= 4 is 39.2 Å². The highest BCUT2D eigenvalue weighted by atomic mass is 79.9. The summed E-state index contributed by atoms with van der Waals surface area (Å²) in [5.74, 6) is 1.31. The largest absolute Gasteiger partial charge is 0.619 e. The maximum Gasteiger partial charge on any atom is 0.323 e. The van der Waals surface area contributed by atoms with E-state index in [1.165, 1.54) is 12.4 Å². The van der Waals surface area contributed by atoms with Crippen molar-refractivity contribution in [1.82, 2.24) is 14.6 Å². The number of anilines is 2. The second-order valence-electron chi connectivity index (χ2n) is 9.38. The molecule has 3 heterocycles. The van der Waals surface area contributed by atoms with E-state index in [1.54, 1.807) is 16.8 Å². The molecule has 4 N–H and O–H groups in total. The van der Waals surface area contributed by atoms with E-state index in [2.05, 4.69) is 31.7 Å². The number of ether oxygens (including phenoxy) is 1. The van der Waals surface area contributed by atoms with Gasteiger partial charge in [-0.15, -0.1) is 0 Å². The van der Waals surface area contributed by atoms with E-state index < -0.39 is 6.04 Å². The molecule has 3 aromatic rings. The van der Waals surface area contributed by atoms with Gasteiger partial charge in [0.2, 0.25) is 0 Å². The van der Waals surface area contributed by atoms with E-state index in [1.807, 2.05) is 26.0 Å². The first kappa shape index (κ1) is 25.2. The summed E-state index contributed by atoms with van der Waals surface area (Å²) in [4.78, 5) is 17.0. The Hall–Kier alpha value is -2.92. The van der Waals surface area contributed by atoms with E-state index in [-0.39, 0.29) is 23.8 Å². The number of nitrogens with zero attached hydrogens (tertiary/aromatic N) is 4. The number of aromatic nitrogens is 4. The molecule has 3 aromatic heterocycles. The molecule has 0 aromatic carbocycles. The van der Waals surface area contributed by atoms with Gasteiger partial charge in [-0.1, -0.05) is 26.7 Å². The van der Waals surface area contributed by atoms with Gasteiger partial charge in [-0.2, -0.15) is 14.3 Å². The smallest absolute Gasteiger partial charge is 0.323 e. The summed E-state index contributed by atoms with van der Waals surface area (Å²) in [5, 5.41) is 22.9. The first-order valence-corrected chi connectivity index (χ1v) is 12.8. The molecule has 10 nitrogen and oxygen atoms in total. The number of halogens is 1. The second-order valence-corrected chi connectivity index (χ2v) is 10.2. The molecule has 0 amide bonds. The van der Waals surface area contributed by atoms with Crippen molar-refractivity contribution in [2.24, 2.45) is 17.6 Å². The molecule has 3 atom stereocenters. The molecule has 1 aliphatic carbocycles. The van der Waals surface area contributed by atoms with Gasteiger partial charge in [-0.25, -0.2) is 4.98 Å². The highest BCUT2D eigenvalue weighted by molar-refractivity contribution is 9.10. The number of nitrogens with one attached hydrogen (secondary N) is 2. The van der Waals surface area contributed by atoms with E-state index >= 15 is 0 Å². The minimum atomic E-state index is -0.609. The highest BCUT2D eigenvalue weighted by Gasteiger charge is 2.28. The number of carbonyl (C=O) groups is 1. The fourth-order valence-corrected chi connectivity index (χ4v) is 4.63. The van der Waals surface area contributed by atoms with Crippen molar-refractivity contribution in [2.45, 2.75) is 58.2 Å². The summed E-state index contributed by atoms with van der Waals surface area (Å²) in [7, 11) is 0. The number of nitrogens with two attached hydrogens (primary N) is 1. The Labute approximate surface area is 213 Å². The molecular weight excluding hydrogens is 514 g/mol. The molecule has 35 heavy (non-hydrogen) atoms. The topological polar surface area (TPSA) is 134 Å². The fourth-order valence-electron chi connectivity index (χ4n) is 4.28. The van der Waals surface area contributed by atoms with Gasteiger partial charge in [0, 0.05) is 36.2 Å². The summed E-state index contributed by atoms with van der Waals surface area (Å²) < 4.78 is 8.86. The predicted octanol–water partition coefficient (Wildman–Crippen LogP) is 3.23. The van der Waals surface area contributed by atoms with Crippen molar-refractivity contribution in [2.75, 3.05) is 17.2 Å². The van der Waals surface area contributed by atoms with Gasteiger partial charge in [0.05, 0.1) is 17.3 Å². The SMILES string of the molecule is CC(C)[C@@H](N)C(=O)OC[C@@H]1CCCC[C@@H]1Nc1cc(NCc2ccc[n+]([O-])c2)n2ncc(Br)c2n1. The molecule has 4 rings (SSSR count). The van der Waals surface area contributed by atoms with Crippen molar-refractivity contribution in [1.29, 1.82) is 0 Å². The van der Waals surface area contributed by atoms with Crippen LogP contribution >= 0.6 is 15.9 Å². The number of pyridine rings is 1.